The first-order valence-electron chi connectivity index (χ1n) is 7.66. The fourth-order valence-corrected chi connectivity index (χ4v) is 2.18. The molecule has 0 saturated heterocycles. The van der Waals surface area contributed by atoms with Crippen molar-refractivity contribution in [3.05, 3.63) is 60.2 Å². The minimum atomic E-state index is -0.771. The SMILES string of the molecule is COc1ccccc1[C@H](C#N)NC(=O)[C@@H](C)COc1ccccc1. The predicted octanol–water partition coefficient (Wildman–Crippen LogP) is 3.09. The number of hydrogen-bond donors (Lipinski definition) is 1. The summed E-state index contributed by atoms with van der Waals surface area (Å²) in [6.07, 6.45) is 0. The van der Waals surface area contributed by atoms with E-state index < -0.39 is 12.0 Å². The number of rotatable bonds is 7. The number of amides is 1. The highest BCUT2D eigenvalue weighted by molar-refractivity contribution is 5.79. The van der Waals surface area contributed by atoms with Crippen LogP contribution in [0.1, 0.15) is 18.5 Å². The summed E-state index contributed by atoms with van der Waals surface area (Å²) in [5, 5.41) is 12.1. The molecule has 0 bridgehead atoms. The number of methoxy groups -OCH3 is 1. The molecule has 124 valence electrons. The van der Waals surface area contributed by atoms with E-state index in [0.29, 0.717) is 17.1 Å². The van der Waals surface area contributed by atoms with Crippen LogP contribution < -0.4 is 14.8 Å². The molecule has 0 aliphatic rings. The topological polar surface area (TPSA) is 71.3 Å². The number of nitrogens with zero attached hydrogens (tertiary/aromatic N) is 1. The van der Waals surface area contributed by atoms with Crippen molar-refractivity contribution in [2.24, 2.45) is 5.92 Å². The third-order valence-electron chi connectivity index (χ3n) is 3.56. The smallest absolute Gasteiger partial charge is 0.227 e. The van der Waals surface area contributed by atoms with Crippen molar-refractivity contribution in [2.45, 2.75) is 13.0 Å². The molecule has 0 unspecified atom stereocenters. The normalized spacial score (nSPS) is 12.5. The molecule has 1 amide bonds. The van der Waals surface area contributed by atoms with E-state index in [1.54, 1.807) is 25.1 Å². The molecular weight excluding hydrogens is 304 g/mol. The maximum absolute atomic E-state index is 12.3. The Morgan fingerprint density at radius 3 is 2.50 bits per heavy atom. The van der Waals surface area contributed by atoms with Crippen LogP contribution in [0.25, 0.3) is 0 Å². The average Bonchev–Trinajstić information content (AvgIpc) is 2.64. The van der Waals surface area contributed by atoms with Crippen LogP contribution >= 0.6 is 0 Å². The fourth-order valence-electron chi connectivity index (χ4n) is 2.18. The lowest BCUT2D eigenvalue weighted by molar-refractivity contribution is -0.125. The summed E-state index contributed by atoms with van der Waals surface area (Å²) in [5.74, 6) is 0.635. The molecule has 24 heavy (non-hydrogen) atoms. The van der Waals surface area contributed by atoms with Crippen molar-refractivity contribution in [1.82, 2.24) is 5.32 Å². The lowest BCUT2D eigenvalue weighted by Gasteiger charge is -2.18. The summed E-state index contributed by atoms with van der Waals surface area (Å²) >= 11 is 0. The molecule has 1 N–H and O–H groups in total. The summed E-state index contributed by atoms with van der Waals surface area (Å²) in [7, 11) is 1.53. The minimum absolute atomic E-state index is 0.236. The number of carbonyl (C=O) groups excluding carboxylic acids is 1. The highest BCUT2D eigenvalue weighted by atomic mass is 16.5. The lowest BCUT2D eigenvalue weighted by atomic mass is 10.1. The maximum Gasteiger partial charge on any atom is 0.227 e. The number of benzene rings is 2. The summed E-state index contributed by atoms with van der Waals surface area (Å²) in [6.45, 7) is 1.99. The zero-order valence-corrected chi connectivity index (χ0v) is 13.7. The van der Waals surface area contributed by atoms with Crippen molar-refractivity contribution in [1.29, 1.82) is 5.26 Å². The Hall–Kier alpha value is -3.00. The molecule has 0 aliphatic heterocycles. The van der Waals surface area contributed by atoms with Crippen LogP contribution in [-0.2, 0) is 4.79 Å². The molecular formula is C19H20N2O3. The van der Waals surface area contributed by atoms with Gasteiger partial charge in [0, 0.05) is 5.56 Å². The molecule has 0 aliphatic carbocycles. The molecule has 2 rings (SSSR count). The van der Waals surface area contributed by atoms with Crippen LogP contribution in [0.4, 0.5) is 0 Å². The van der Waals surface area contributed by atoms with Gasteiger partial charge in [-0.05, 0) is 18.2 Å². The van der Waals surface area contributed by atoms with Crippen LogP contribution in [0.5, 0.6) is 11.5 Å². The van der Waals surface area contributed by atoms with Gasteiger partial charge in [0.2, 0.25) is 5.91 Å². The first-order valence-corrected chi connectivity index (χ1v) is 7.66. The van der Waals surface area contributed by atoms with Crippen molar-refractivity contribution < 1.29 is 14.3 Å². The molecule has 2 aromatic carbocycles. The third kappa shape index (κ3) is 4.50. The van der Waals surface area contributed by atoms with Gasteiger partial charge in [-0.25, -0.2) is 0 Å². The van der Waals surface area contributed by atoms with Gasteiger partial charge >= 0.3 is 0 Å². The van der Waals surface area contributed by atoms with Gasteiger partial charge in [0.25, 0.3) is 0 Å². The first-order chi connectivity index (χ1) is 11.7. The molecule has 5 nitrogen and oxygen atoms in total. The molecule has 0 saturated carbocycles. The zero-order valence-electron chi connectivity index (χ0n) is 13.7. The van der Waals surface area contributed by atoms with Crippen LogP contribution in [-0.4, -0.2) is 19.6 Å². The van der Waals surface area contributed by atoms with Gasteiger partial charge in [-0.15, -0.1) is 0 Å². The van der Waals surface area contributed by atoms with Gasteiger partial charge in [-0.3, -0.25) is 4.79 Å². The number of nitrogens with one attached hydrogen (secondary N) is 1. The Kier molecular flexibility index (Phi) is 6.21. The molecule has 0 radical (unpaired) electrons. The van der Waals surface area contributed by atoms with E-state index in [2.05, 4.69) is 11.4 Å². The Bertz CT molecular complexity index is 710. The summed E-state index contributed by atoms with van der Waals surface area (Å²) in [6, 6.07) is 17.8. The maximum atomic E-state index is 12.3. The monoisotopic (exact) mass is 324 g/mol. The zero-order chi connectivity index (χ0) is 17.4. The Morgan fingerprint density at radius 2 is 1.83 bits per heavy atom. The molecule has 5 heteroatoms. The van der Waals surface area contributed by atoms with Crippen LogP contribution in [0.2, 0.25) is 0 Å². The number of para-hydroxylation sites is 2. The highest BCUT2D eigenvalue weighted by Gasteiger charge is 2.21. The van der Waals surface area contributed by atoms with Gasteiger partial charge in [-0.1, -0.05) is 43.3 Å². The summed E-state index contributed by atoms with van der Waals surface area (Å²) in [4.78, 5) is 12.3. The van der Waals surface area contributed by atoms with Crippen LogP contribution in [0, 0.1) is 17.2 Å². The molecule has 0 fully saturated rings. The Labute approximate surface area is 141 Å². The van der Waals surface area contributed by atoms with E-state index in [1.165, 1.54) is 7.11 Å². The van der Waals surface area contributed by atoms with Gasteiger partial charge in [0.1, 0.15) is 17.5 Å². The van der Waals surface area contributed by atoms with E-state index in [4.69, 9.17) is 9.47 Å². The average molecular weight is 324 g/mol. The second-order valence-electron chi connectivity index (χ2n) is 5.34. The number of carbonyl (C=O) groups is 1. The molecule has 2 aromatic rings. The number of nitriles is 1. The molecule has 0 spiro atoms. The van der Waals surface area contributed by atoms with Crippen LogP contribution in [0.15, 0.2) is 54.6 Å². The second kappa shape index (κ2) is 8.59. The second-order valence-corrected chi connectivity index (χ2v) is 5.34. The Balaban J connectivity index is 1.97. The standard InChI is InChI=1S/C19H20N2O3/c1-14(13-24-15-8-4-3-5-9-15)19(22)21-17(12-20)16-10-6-7-11-18(16)23-2/h3-11,14,17H,13H2,1-2H3,(H,21,22)/t14-,17-/m0/s1. The third-order valence-corrected chi connectivity index (χ3v) is 3.56. The quantitative estimate of drug-likeness (QED) is 0.849. The van der Waals surface area contributed by atoms with Crippen molar-refractivity contribution in [2.75, 3.05) is 13.7 Å². The molecule has 0 aromatic heterocycles. The predicted molar refractivity (Wildman–Crippen MR) is 90.6 cm³/mol. The Morgan fingerprint density at radius 1 is 1.17 bits per heavy atom. The van der Waals surface area contributed by atoms with Crippen molar-refractivity contribution in [3.8, 4) is 17.6 Å². The van der Waals surface area contributed by atoms with Gasteiger partial charge in [0.15, 0.2) is 0 Å². The summed E-state index contributed by atoms with van der Waals surface area (Å²) in [5.41, 5.74) is 0.632. The summed E-state index contributed by atoms with van der Waals surface area (Å²) < 4.78 is 10.8. The van der Waals surface area contributed by atoms with Crippen molar-refractivity contribution >= 4 is 5.91 Å². The van der Waals surface area contributed by atoms with Gasteiger partial charge in [0.05, 0.1) is 25.7 Å². The largest absolute Gasteiger partial charge is 0.496 e. The number of ether oxygens (including phenoxy) is 2. The van der Waals surface area contributed by atoms with Crippen LogP contribution in [0.3, 0.4) is 0 Å². The lowest BCUT2D eigenvalue weighted by Crippen LogP contribution is -2.35. The van der Waals surface area contributed by atoms with E-state index in [9.17, 15) is 10.1 Å². The first kappa shape index (κ1) is 17.4. The fraction of sp³-hybridized carbons (Fsp3) is 0.263. The molecule has 2 atom stereocenters. The molecule has 0 heterocycles. The van der Waals surface area contributed by atoms with E-state index in [1.807, 2.05) is 36.4 Å². The highest BCUT2D eigenvalue weighted by Crippen LogP contribution is 2.24. The van der Waals surface area contributed by atoms with E-state index in [-0.39, 0.29) is 12.5 Å². The number of hydrogen-bond acceptors (Lipinski definition) is 4. The van der Waals surface area contributed by atoms with Crippen molar-refractivity contribution in [3.63, 3.8) is 0 Å². The van der Waals surface area contributed by atoms with E-state index in [0.717, 1.165) is 0 Å². The van der Waals surface area contributed by atoms with Gasteiger partial charge < -0.3 is 14.8 Å². The van der Waals surface area contributed by atoms with Gasteiger partial charge in [-0.2, -0.15) is 5.26 Å². The van der Waals surface area contributed by atoms with E-state index >= 15 is 0 Å². The minimum Gasteiger partial charge on any atom is -0.496 e.